The van der Waals surface area contributed by atoms with E-state index in [9.17, 15) is 9.59 Å². The van der Waals surface area contributed by atoms with Gasteiger partial charge in [0.05, 0.1) is 0 Å². The second-order valence-electron chi connectivity index (χ2n) is 5.43. The number of halogens is 2. The number of benzene rings is 2. The third kappa shape index (κ3) is 6.38. The lowest BCUT2D eigenvalue weighted by atomic mass is 10.1. The Bertz CT molecular complexity index is 718. The van der Waals surface area contributed by atoms with E-state index in [1.807, 2.05) is 30.3 Å². The molecule has 0 saturated carbocycles. The smallest absolute Gasteiger partial charge is 0.246 e. The Kier molecular flexibility index (Phi) is 7.25. The van der Waals surface area contributed by atoms with E-state index >= 15 is 0 Å². The van der Waals surface area contributed by atoms with E-state index < -0.39 is 6.04 Å². The zero-order valence-electron chi connectivity index (χ0n) is 13.7. The van der Waals surface area contributed by atoms with Crippen LogP contribution in [0.5, 0.6) is 0 Å². The van der Waals surface area contributed by atoms with Crippen molar-refractivity contribution in [3.05, 3.63) is 64.1 Å². The maximum Gasteiger partial charge on any atom is 0.246 e. The van der Waals surface area contributed by atoms with Crippen molar-refractivity contribution >= 4 is 40.7 Å². The molecule has 2 amide bonds. The topological polar surface area (TPSA) is 70.2 Å². The average Bonchev–Trinajstić information content (AvgIpc) is 2.54. The Hall–Kier alpha value is -2.08. The number of anilines is 1. The lowest BCUT2D eigenvalue weighted by Crippen LogP contribution is -2.37. The Morgan fingerprint density at radius 1 is 1.00 bits per heavy atom. The Labute approximate surface area is 156 Å². The third-order valence-electron chi connectivity index (χ3n) is 3.37. The summed E-state index contributed by atoms with van der Waals surface area (Å²) < 4.78 is 0. The largest absolute Gasteiger partial charge is 0.355 e. The number of carbonyl (C=O) groups is 2. The van der Waals surface area contributed by atoms with Gasteiger partial charge in [-0.1, -0.05) is 53.5 Å². The van der Waals surface area contributed by atoms with E-state index in [0.29, 0.717) is 28.8 Å². The second-order valence-corrected chi connectivity index (χ2v) is 6.30. The molecule has 0 saturated heterocycles. The number of hydrogen-bond acceptors (Lipinski definition) is 3. The molecular formula is C18H19Cl2N3O2. The van der Waals surface area contributed by atoms with Gasteiger partial charge in [0.1, 0.15) is 6.04 Å². The first kappa shape index (κ1) is 19.2. The number of hydrogen-bond donors (Lipinski definition) is 3. The zero-order valence-corrected chi connectivity index (χ0v) is 15.2. The second kappa shape index (κ2) is 9.42. The Morgan fingerprint density at radius 3 is 2.24 bits per heavy atom. The van der Waals surface area contributed by atoms with Gasteiger partial charge in [0, 0.05) is 35.7 Å². The van der Waals surface area contributed by atoms with Crippen molar-refractivity contribution in [1.29, 1.82) is 0 Å². The molecule has 0 spiro atoms. The van der Waals surface area contributed by atoms with Crippen molar-refractivity contribution in [3.8, 4) is 0 Å². The standard InChI is InChI=1S/C18H19Cl2N3O2/c1-12(24)21-7-8-22-17(13-5-3-2-4-6-13)18(25)23-16-10-14(19)9-15(20)11-16/h2-6,9-11,17,22H,7-8H2,1H3,(H,21,24)(H,23,25)/t17-/m1/s1. The monoisotopic (exact) mass is 379 g/mol. The normalized spacial score (nSPS) is 11.6. The van der Waals surface area contributed by atoms with Crippen molar-refractivity contribution in [2.75, 3.05) is 18.4 Å². The number of rotatable bonds is 7. The van der Waals surface area contributed by atoms with Crippen molar-refractivity contribution in [1.82, 2.24) is 10.6 Å². The molecule has 0 fully saturated rings. The maximum atomic E-state index is 12.7. The van der Waals surface area contributed by atoms with Gasteiger partial charge in [-0.25, -0.2) is 0 Å². The number of amides is 2. The molecule has 25 heavy (non-hydrogen) atoms. The molecule has 0 aliphatic rings. The molecule has 7 heteroatoms. The van der Waals surface area contributed by atoms with Gasteiger partial charge >= 0.3 is 0 Å². The van der Waals surface area contributed by atoms with Crippen LogP contribution in [-0.4, -0.2) is 24.9 Å². The minimum absolute atomic E-state index is 0.115. The van der Waals surface area contributed by atoms with E-state index in [2.05, 4.69) is 16.0 Å². The van der Waals surface area contributed by atoms with E-state index in [1.54, 1.807) is 18.2 Å². The molecular weight excluding hydrogens is 361 g/mol. The summed E-state index contributed by atoms with van der Waals surface area (Å²) in [6.45, 7) is 2.32. The third-order valence-corrected chi connectivity index (χ3v) is 3.81. The Morgan fingerprint density at radius 2 is 1.64 bits per heavy atom. The summed E-state index contributed by atoms with van der Waals surface area (Å²) in [4.78, 5) is 23.7. The van der Waals surface area contributed by atoms with Gasteiger partial charge in [-0.3, -0.25) is 9.59 Å². The summed E-state index contributed by atoms with van der Waals surface area (Å²) in [5.74, 6) is -0.358. The number of carbonyl (C=O) groups excluding carboxylic acids is 2. The van der Waals surface area contributed by atoms with Crippen LogP contribution in [0.4, 0.5) is 5.69 Å². The summed E-state index contributed by atoms with van der Waals surface area (Å²) in [6.07, 6.45) is 0. The molecule has 1 atom stereocenters. The van der Waals surface area contributed by atoms with Crippen molar-refractivity contribution in [2.24, 2.45) is 0 Å². The molecule has 0 bridgehead atoms. The first-order chi connectivity index (χ1) is 12.0. The van der Waals surface area contributed by atoms with Crippen LogP contribution in [0.1, 0.15) is 18.5 Å². The highest BCUT2D eigenvalue weighted by atomic mass is 35.5. The molecule has 5 nitrogen and oxygen atoms in total. The minimum Gasteiger partial charge on any atom is -0.355 e. The van der Waals surface area contributed by atoms with E-state index in [4.69, 9.17) is 23.2 Å². The quantitative estimate of drug-likeness (QED) is 0.645. The van der Waals surface area contributed by atoms with Gasteiger partial charge < -0.3 is 16.0 Å². The summed E-state index contributed by atoms with van der Waals surface area (Å²) in [6, 6.07) is 13.6. The van der Waals surface area contributed by atoms with Crippen molar-refractivity contribution in [2.45, 2.75) is 13.0 Å². The molecule has 0 aliphatic carbocycles. The first-order valence-corrected chi connectivity index (χ1v) is 8.51. The highest BCUT2D eigenvalue weighted by molar-refractivity contribution is 6.35. The summed E-state index contributed by atoms with van der Waals surface area (Å²) >= 11 is 11.9. The molecule has 3 N–H and O–H groups in total. The first-order valence-electron chi connectivity index (χ1n) is 7.75. The van der Waals surface area contributed by atoms with Crippen LogP contribution < -0.4 is 16.0 Å². The van der Waals surface area contributed by atoms with Crippen LogP contribution in [0, 0.1) is 0 Å². The molecule has 2 aromatic carbocycles. The molecule has 0 unspecified atom stereocenters. The fourth-order valence-electron chi connectivity index (χ4n) is 2.30. The molecule has 0 aromatic heterocycles. The zero-order chi connectivity index (χ0) is 18.2. The van der Waals surface area contributed by atoms with Crippen molar-refractivity contribution in [3.63, 3.8) is 0 Å². The summed E-state index contributed by atoms with van der Waals surface area (Å²) in [7, 11) is 0. The maximum absolute atomic E-state index is 12.7. The minimum atomic E-state index is -0.576. The van der Waals surface area contributed by atoms with Crippen LogP contribution >= 0.6 is 23.2 Å². The van der Waals surface area contributed by atoms with Gasteiger partial charge in [-0.2, -0.15) is 0 Å². The fourth-order valence-corrected chi connectivity index (χ4v) is 2.83. The summed E-state index contributed by atoms with van der Waals surface area (Å²) in [5.41, 5.74) is 1.34. The van der Waals surface area contributed by atoms with Crippen molar-refractivity contribution < 1.29 is 9.59 Å². The molecule has 2 rings (SSSR count). The summed E-state index contributed by atoms with van der Waals surface area (Å²) in [5, 5.41) is 9.53. The SMILES string of the molecule is CC(=O)NCCN[C@@H](C(=O)Nc1cc(Cl)cc(Cl)c1)c1ccccc1. The van der Waals surface area contributed by atoms with Gasteiger partial charge in [-0.15, -0.1) is 0 Å². The fraction of sp³-hybridized carbons (Fsp3) is 0.222. The van der Waals surface area contributed by atoms with Crippen LogP contribution in [-0.2, 0) is 9.59 Å². The van der Waals surface area contributed by atoms with E-state index in [1.165, 1.54) is 6.92 Å². The van der Waals surface area contributed by atoms with Gasteiger partial charge in [0.15, 0.2) is 0 Å². The van der Waals surface area contributed by atoms with Crippen LogP contribution in [0.2, 0.25) is 10.0 Å². The molecule has 0 heterocycles. The lowest BCUT2D eigenvalue weighted by molar-refractivity contribution is -0.119. The van der Waals surface area contributed by atoms with Crippen LogP contribution in [0.25, 0.3) is 0 Å². The molecule has 132 valence electrons. The van der Waals surface area contributed by atoms with Crippen LogP contribution in [0.3, 0.4) is 0 Å². The van der Waals surface area contributed by atoms with Gasteiger partial charge in [0.2, 0.25) is 11.8 Å². The predicted octanol–water partition coefficient (Wildman–Crippen LogP) is 3.40. The van der Waals surface area contributed by atoms with Crippen LogP contribution in [0.15, 0.2) is 48.5 Å². The highest BCUT2D eigenvalue weighted by Gasteiger charge is 2.20. The van der Waals surface area contributed by atoms with E-state index in [-0.39, 0.29) is 11.8 Å². The molecule has 0 aliphatic heterocycles. The van der Waals surface area contributed by atoms with Gasteiger partial charge in [0.25, 0.3) is 0 Å². The van der Waals surface area contributed by atoms with Gasteiger partial charge in [-0.05, 0) is 23.8 Å². The van der Waals surface area contributed by atoms with E-state index in [0.717, 1.165) is 5.56 Å². The molecule has 0 radical (unpaired) electrons. The Balaban J connectivity index is 2.10. The number of nitrogens with one attached hydrogen (secondary N) is 3. The highest BCUT2D eigenvalue weighted by Crippen LogP contribution is 2.23. The lowest BCUT2D eigenvalue weighted by Gasteiger charge is -2.19. The predicted molar refractivity (Wildman–Crippen MR) is 101 cm³/mol. The average molecular weight is 380 g/mol. The molecule has 2 aromatic rings.